The summed E-state index contributed by atoms with van der Waals surface area (Å²) in [5.74, 6) is 1.02. The molecular weight excluding hydrogens is 394 g/mol. The van der Waals surface area contributed by atoms with E-state index in [-0.39, 0.29) is 30.3 Å². The molecule has 2 N–H and O–H groups in total. The van der Waals surface area contributed by atoms with Gasteiger partial charge in [-0.2, -0.15) is 0 Å². The van der Waals surface area contributed by atoms with Crippen molar-refractivity contribution in [2.75, 3.05) is 13.2 Å². The molecule has 2 fully saturated rings. The van der Waals surface area contributed by atoms with Gasteiger partial charge in [-0.25, -0.2) is 9.97 Å². The first-order valence-electron chi connectivity index (χ1n) is 10.1. The molecule has 4 rings (SSSR count). The molecule has 1 amide bonds. The number of aliphatic hydroxyl groups excluding tert-OH is 1. The number of fused-ring (bicyclic) bond motifs is 1. The zero-order valence-electron chi connectivity index (χ0n) is 16.7. The molecule has 2 aliphatic rings. The topological polar surface area (TPSA) is 103 Å². The summed E-state index contributed by atoms with van der Waals surface area (Å²) in [6.07, 6.45) is 3.29. The van der Waals surface area contributed by atoms with Gasteiger partial charge in [0, 0.05) is 31.9 Å². The van der Waals surface area contributed by atoms with Gasteiger partial charge < -0.3 is 24.6 Å². The fourth-order valence-corrected chi connectivity index (χ4v) is 4.35. The van der Waals surface area contributed by atoms with Crippen molar-refractivity contribution in [1.82, 2.24) is 15.3 Å². The molecule has 0 unspecified atom stereocenters. The number of pyridine rings is 1. The number of aliphatic hydroxyl groups is 1. The summed E-state index contributed by atoms with van der Waals surface area (Å²) in [4.78, 5) is 20.8. The highest BCUT2D eigenvalue weighted by Gasteiger charge is 2.31. The van der Waals surface area contributed by atoms with E-state index < -0.39 is 0 Å². The van der Waals surface area contributed by atoms with Crippen LogP contribution in [0.5, 0.6) is 11.1 Å². The molecule has 0 aromatic carbocycles. The van der Waals surface area contributed by atoms with Gasteiger partial charge in [0.15, 0.2) is 4.83 Å². The third-order valence-corrected chi connectivity index (χ3v) is 6.09. The molecule has 158 valence electrons. The van der Waals surface area contributed by atoms with Crippen LogP contribution >= 0.6 is 11.3 Å². The van der Waals surface area contributed by atoms with Crippen molar-refractivity contribution in [3.63, 3.8) is 0 Å². The number of nitrogens with one attached hydrogen (secondary N) is 1. The Bertz CT molecular complexity index is 848. The van der Waals surface area contributed by atoms with E-state index in [9.17, 15) is 9.90 Å². The molecule has 2 aromatic heterocycles. The Balaban J connectivity index is 1.19. The lowest BCUT2D eigenvalue weighted by atomic mass is 9.83. The second-order valence-corrected chi connectivity index (χ2v) is 8.96. The predicted octanol–water partition coefficient (Wildman–Crippen LogP) is 2.29. The van der Waals surface area contributed by atoms with Crippen molar-refractivity contribution < 1.29 is 24.1 Å². The molecule has 0 aliphatic heterocycles. The molecule has 8 nitrogen and oxygen atoms in total. The van der Waals surface area contributed by atoms with E-state index in [0.29, 0.717) is 43.0 Å². The van der Waals surface area contributed by atoms with Gasteiger partial charge in [0.2, 0.25) is 11.8 Å². The molecule has 2 saturated carbocycles. The highest BCUT2D eigenvalue weighted by Crippen LogP contribution is 2.33. The SMILES string of the molecule is CC(=O)N[C@@H](C)CO[C@H]1C[C@H](COc2ccc3nc(O[C@H]4C[C@@H](O)C4)sc3n2)C1. The molecular formula is C20H27N3O5S. The standard InChI is InChI=1S/C20H27N3O5S/c1-11(21-12(2)24)9-26-15-5-13(6-15)10-27-18-4-3-17-19(23-18)29-20(22-17)28-16-7-14(25)8-16/h3-4,11,13-16,25H,5-10H2,1-2H3,(H,21,24)/t11-,13-,14-,15-,16+/m0/s1. The van der Waals surface area contributed by atoms with E-state index in [0.717, 1.165) is 23.2 Å². The van der Waals surface area contributed by atoms with Crippen LogP contribution in [0.4, 0.5) is 0 Å². The van der Waals surface area contributed by atoms with Gasteiger partial charge in [0.05, 0.1) is 25.4 Å². The first kappa shape index (κ1) is 20.3. The summed E-state index contributed by atoms with van der Waals surface area (Å²) in [7, 11) is 0. The number of hydrogen-bond donors (Lipinski definition) is 2. The Hall–Kier alpha value is -1.97. The van der Waals surface area contributed by atoms with Crippen molar-refractivity contribution in [1.29, 1.82) is 0 Å². The van der Waals surface area contributed by atoms with Crippen LogP contribution in [0.1, 0.15) is 39.5 Å². The van der Waals surface area contributed by atoms with E-state index in [4.69, 9.17) is 14.2 Å². The Labute approximate surface area is 173 Å². The van der Waals surface area contributed by atoms with Crippen LogP contribution in [-0.4, -0.2) is 58.5 Å². The second kappa shape index (κ2) is 8.81. The summed E-state index contributed by atoms with van der Waals surface area (Å²) in [5.41, 5.74) is 0.794. The summed E-state index contributed by atoms with van der Waals surface area (Å²) in [6, 6.07) is 3.76. The maximum absolute atomic E-state index is 11.0. The number of aromatic nitrogens is 2. The van der Waals surface area contributed by atoms with Gasteiger partial charge in [-0.05, 0) is 31.7 Å². The maximum atomic E-state index is 11.0. The maximum Gasteiger partial charge on any atom is 0.276 e. The zero-order valence-corrected chi connectivity index (χ0v) is 17.5. The van der Waals surface area contributed by atoms with Crippen molar-refractivity contribution in [2.24, 2.45) is 5.92 Å². The molecule has 1 atom stereocenters. The molecule has 2 aromatic rings. The van der Waals surface area contributed by atoms with Crippen molar-refractivity contribution in [3.05, 3.63) is 12.1 Å². The Morgan fingerprint density at radius 2 is 2.07 bits per heavy atom. The van der Waals surface area contributed by atoms with Gasteiger partial charge in [-0.3, -0.25) is 4.79 Å². The number of hydrogen-bond acceptors (Lipinski definition) is 8. The minimum atomic E-state index is -0.246. The summed E-state index contributed by atoms with van der Waals surface area (Å²) in [5, 5.41) is 12.8. The summed E-state index contributed by atoms with van der Waals surface area (Å²) in [6.45, 7) is 4.60. The highest BCUT2D eigenvalue weighted by molar-refractivity contribution is 7.19. The van der Waals surface area contributed by atoms with E-state index >= 15 is 0 Å². The van der Waals surface area contributed by atoms with Crippen molar-refractivity contribution >= 4 is 27.6 Å². The van der Waals surface area contributed by atoms with Crippen LogP contribution in [0.15, 0.2) is 12.1 Å². The molecule has 0 spiro atoms. The number of carbonyl (C=O) groups is 1. The third kappa shape index (κ3) is 5.34. The minimum absolute atomic E-state index is 0.0290. The van der Waals surface area contributed by atoms with Crippen LogP contribution in [0.3, 0.4) is 0 Å². The van der Waals surface area contributed by atoms with E-state index in [2.05, 4.69) is 15.3 Å². The quantitative estimate of drug-likeness (QED) is 0.640. The van der Waals surface area contributed by atoms with E-state index in [1.807, 2.05) is 19.1 Å². The average Bonchev–Trinajstić information content (AvgIpc) is 2.99. The zero-order chi connectivity index (χ0) is 20.4. The third-order valence-electron chi connectivity index (χ3n) is 5.24. The molecule has 2 heterocycles. The number of amides is 1. The fraction of sp³-hybridized carbons (Fsp3) is 0.650. The smallest absolute Gasteiger partial charge is 0.276 e. The minimum Gasteiger partial charge on any atom is -0.477 e. The Morgan fingerprint density at radius 3 is 2.79 bits per heavy atom. The lowest BCUT2D eigenvalue weighted by Gasteiger charge is -2.35. The molecule has 2 aliphatic carbocycles. The molecule has 29 heavy (non-hydrogen) atoms. The molecule has 0 bridgehead atoms. The van der Waals surface area contributed by atoms with Crippen LogP contribution in [0.2, 0.25) is 0 Å². The summed E-state index contributed by atoms with van der Waals surface area (Å²) < 4.78 is 17.4. The van der Waals surface area contributed by atoms with Gasteiger partial charge in [0.25, 0.3) is 5.19 Å². The van der Waals surface area contributed by atoms with Crippen LogP contribution in [-0.2, 0) is 9.53 Å². The lowest BCUT2D eigenvalue weighted by Crippen LogP contribution is -2.40. The molecule has 0 saturated heterocycles. The number of rotatable bonds is 9. The Morgan fingerprint density at radius 1 is 1.28 bits per heavy atom. The fourth-order valence-electron chi connectivity index (χ4n) is 3.51. The monoisotopic (exact) mass is 421 g/mol. The number of thiazole rings is 1. The number of nitrogens with zero attached hydrogens (tertiary/aromatic N) is 2. The molecule has 0 radical (unpaired) electrons. The lowest BCUT2D eigenvalue weighted by molar-refractivity contribution is -0.120. The molecule has 9 heteroatoms. The number of carbonyl (C=O) groups excluding carboxylic acids is 1. The van der Waals surface area contributed by atoms with Crippen molar-refractivity contribution in [3.8, 4) is 11.1 Å². The van der Waals surface area contributed by atoms with E-state index in [1.165, 1.54) is 18.3 Å². The highest BCUT2D eigenvalue weighted by atomic mass is 32.1. The van der Waals surface area contributed by atoms with Gasteiger partial charge >= 0.3 is 0 Å². The van der Waals surface area contributed by atoms with Crippen LogP contribution in [0.25, 0.3) is 10.3 Å². The van der Waals surface area contributed by atoms with Gasteiger partial charge in [0.1, 0.15) is 11.6 Å². The first-order chi connectivity index (χ1) is 13.9. The number of ether oxygens (including phenoxy) is 3. The second-order valence-electron chi connectivity index (χ2n) is 8.02. The van der Waals surface area contributed by atoms with Crippen molar-refractivity contribution in [2.45, 2.75) is 63.9 Å². The first-order valence-corrected chi connectivity index (χ1v) is 10.9. The summed E-state index contributed by atoms with van der Waals surface area (Å²) >= 11 is 1.40. The van der Waals surface area contributed by atoms with Gasteiger partial charge in [-0.1, -0.05) is 11.3 Å². The largest absolute Gasteiger partial charge is 0.477 e. The predicted molar refractivity (Wildman–Crippen MR) is 108 cm³/mol. The normalized spacial score (nSPS) is 27.0. The average molecular weight is 422 g/mol. The van der Waals surface area contributed by atoms with Gasteiger partial charge in [-0.15, -0.1) is 0 Å². The van der Waals surface area contributed by atoms with Crippen LogP contribution < -0.4 is 14.8 Å². The van der Waals surface area contributed by atoms with E-state index in [1.54, 1.807) is 0 Å². The Kier molecular flexibility index (Phi) is 6.17. The van der Waals surface area contributed by atoms with Crippen LogP contribution in [0, 0.1) is 5.92 Å².